The molecule has 2 N–H and O–H groups in total. The summed E-state index contributed by atoms with van der Waals surface area (Å²) in [6, 6.07) is 12.9. The lowest BCUT2D eigenvalue weighted by atomic mass is 10.2. The van der Waals surface area contributed by atoms with E-state index in [0.29, 0.717) is 30.2 Å². The molecule has 0 fully saturated rings. The van der Waals surface area contributed by atoms with E-state index < -0.39 is 0 Å². The maximum Gasteiger partial charge on any atom is 0.231 e. The minimum Gasteiger partial charge on any atom is -0.495 e. The first-order chi connectivity index (χ1) is 11.3. The highest BCUT2D eigenvalue weighted by Crippen LogP contribution is 2.34. The zero-order valence-corrected chi connectivity index (χ0v) is 12.8. The predicted octanol–water partition coefficient (Wildman–Crippen LogP) is 2.86. The van der Waals surface area contributed by atoms with E-state index in [-0.39, 0.29) is 12.7 Å². The van der Waals surface area contributed by atoms with E-state index >= 15 is 0 Å². The van der Waals surface area contributed by atoms with Gasteiger partial charge >= 0.3 is 0 Å². The number of hydrogen-bond donors (Lipinski definition) is 2. The number of ether oxygens (including phenoxy) is 3. The van der Waals surface area contributed by atoms with Crippen LogP contribution >= 0.6 is 0 Å². The molecule has 2 aromatic carbocycles. The van der Waals surface area contributed by atoms with Crippen LogP contribution in [-0.4, -0.2) is 26.4 Å². The van der Waals surface area contributed by atoms with E-state index in [1.807, 2.05) is 24.3 Å². The largest absolute Gasteiger partial charge is 0.495 e. The van der Waals surface area contributed by atoms with Crippen LogP contribution in [-0.2, 0) is 4.79 Å². The van der Waals surface area contributed by atoms with Crippen molar-refractivity contribution < 1.29 is 19.0 Å². The molecule has 2 aromatic rings. The van der Waals surface area contributed by atoms with E-state index in [1.54, 1.807) is 25.3 Å². The normalized spacial score (nSPS) is 11.9. The minimum atomic E-state index is -0.0775. The molecular formula is C17H18N2O4. The maximum absolute atomic E-state index is 12.0. The zero-order chi connectivity index (χ0) is 16.1. The van der Waals surface area contributed by atoms with Crippen molar-refractivity contribution in [1.29, 1.82) is 0 Å². The molecule has 120 valence electrons. The van der Waals surface area contributed by atoms with Crippen molar-refractivity contribution in [2.24, 2.45) is 0 Å². The lowest BCUT2D eigenvalue weighted by Gasteiger charge is -2.11. The van der Waals surface area contributed by atoms with Crippen molar-refractivity contribution in [1.82, 2.24) is 0 Å². The van der Waals surface area contributed by atoms with Crippen LogP contribution in [0.25, 0.3) is 0 Å². The van der Waals surface area contributed by atoms with Crippen LogP contribution in [0.5, 0.6) is 17.2 Å². The summed E-state index contributed by atoms with van der Waals surface area (Å²) in [6.07, 6.45) is 0.340. The molecule has 1 heterocycles. The summed E-state index contributed by atoms with van der Waals surface area (Å²) in [5.74, 6) is 2.02. The van der Waals surface area contributed by atoms with E-state index in [0.717, 1.165) is 11.4 Å². The van der Waals surface area contributed by atoms with Gasteiger partial charge in [0.1, 0.15) is 5.75 Å². The van der Waals surface area contributed by atoms with Gasteiger partial charge in [0.15, 0.2) is 11.5 Å². The molecule has 0 aliphatic carbocycles. The second-order valence-electron chi connectivity index (χ2n) is 4.99. The van der Waals surface area contributed by atoms with Gasteiger partial charge in [-0.1, -0.05) is 12.1 Å². The van der Waals surface area contributed by atoms with Crippen molar-refractivity contribution in [3.05, 3.63) is 42.5 Å². The van der Waals surface area contributed by atoms with Gasteiger partial charge in [-0.15, -0.1) is 0 Å². The highest BCUT2D eigenvalue weighted by molar-refractivity contribution is 5.91. The molecule has 0 saturated carbocycles. The molecule has 1 aliphatic rings. The average molecular weight is 314 g/mol. The summed E-state index contributed by atoms with van der Waals surface area (Å²) >= 11 is 0. The molecule has 0 bridgehead atoms. The van der Waals surface area contributed by atoms with Crippen LogP contribution in [0, 0.1) is 0 Å². The number of fused-ring (bicyclic) bond motifs is 1. The van der Waals surface area contributed by atoms with Crippen LogP contribution < -0.4 is 24.8 Å². The van der Waals surface area contributed by atoms with Gasteiger partial charge in [-0.05, 0) is 24.3 Å². The predicted molar refractivity (Wildman–Crippen MR) is 87.3 cm³/mol. The van der Waals surface area contributed by atoms with E-state index in [1.165, 1.54) is 0 Å². The highest BCUT2D eigenvalue weighted by atomic mass is 16.7. The third-order valence-corrected chi connectivity index (χ3v) is 3.43. The summed E-state index contributed by atoms with van der Waals surface area (Å²) in [6.45, 7) is 0.728. The molecule has 0 saturated heterocycles. The number of nitrogens with one attached hydrogen (secondary N) is 2. The van der Waals surface area contributed by atoms with Crippen LogP contribution in [0.1, 0.15) is 6.42 Å². The number of para-hydroxylation sites is 2. The van der Waals surface area contributed by atoms with Gasteiger partial charge in [0.25, 0.3) is 0 Å². The minimum absolute atomic E-state index is 0.0775. The SMILES string of the molecule is COc1ccccc1NCCC(=O)Nc1ccc2c(c1)OCO2. The number of hydrogen-bond acceptors (Lipinski definition) is 5. The molecule has 0 radical (unpaired) electrons. The topological polar surface area (TPSA) is 68.8 Å². The standard InChI is InChI=1S/C17H18N2O4/c1-21-14-5-3-2-4-13(14)18-9-8-17(20)19-12-6-7-15-16(10-12)23-11-22-15/h2-7,10,18H,8-9,11H2,1H3,(H,19,20). The molecule has 1 amide bonds. The van der Waals surface area contributed by atoms with Gasteiger partial charge < -0.3 is 24.8 Å². The number of carbonyl (C=O) groups excluding carboxylic acids is 1. The van der Waals surface area contributed by atoms with Crippen LogP contribution in [0.4, 0.5) is 11.4 Å². The molecule has 0 atom stereocenters. The Kier molecular flexibility index (Phi) is 4.52. The molecule has 0 aromatic heterocycles. The van der Waals surface area contributed by atoms with E-state index in [4.69, 9.17) is 14.2 Å². The lowest BCUT2D eigenvalue weighted by molar-refractivity contribution is -0.115. The number of rotatable bonds is 6. The van der Waals surface area contributed by atoms with Crippen molar-refractivity contribution in [3.63, 3.8) is 0 Å². The van der Waals surface area contributed by atoms with Gasteiger partial charge in [0, 0.05) is 24.7 Å². The molecule has 23 heavy (non-hydrogen) atoms. The van der Waals surface area contributed by atoms with Crippen LogP contribution in [0.15, 0.2) is 42.5 Å². The third kappa shape index (κ3) is 3.66. The average Bonchev–Trinajstić information content (AvgIpc) is 3.03. The monoisotopic (exact) mass is 314 g/mol. The summed E-state index contributed by atoms with van der Waals surface area (Å²) in [5, 5.41) is 6.03. The fourth-order valence-corrected chi connectivity index (χ4v) is 2.30. The Morgan fingerprint density at radius 2 is 2.00 bits per heavy atom. The molecule has 3 rings (SSSR count). The Morgan fingerprint density at radius 1 is 1.17 bits per heavy atom. The Balaban J connectivity index is 1.50. The number of anilines is 2. The maximum atomic E-state index is 12.0. The van der Waals surface area contributed by atoms with Gasteiger partial charge in [-0.2, -0.15) is 0 Å². The van der Waals surface area contributed by atoms with Crippen molar-refractivity contribution in [2.75, 3.05) is 31.1 Å². The first-order valence-electron chi connectivity index (χ1n) is 7.32. The van der Waals surface area contributed by atoms with Crippen LogP contribution in [0.2, 0.25) is 0 Å². The number of benzene rings is 2. The van der Waals surface area contributed by atoms with Crippen molar-refractivity contribution in [3.8, 4) is 17.2 Å². The van der Waals surface area contributed by atoms with Gasteiger partial charge in [0.05, 0.1) is 12.8 Å². The zero-order valence-electron chi connectivity index (χ0n) is 12.8. The molecule has 1 aliphatic heterocycles. The smallest absolute Gasteiger partial charge is 0.231 e. The molecular weight excluding hydrogens is 296 g/mol. The first-order valence-corrected chi connectivity index (χ1v) is 7.32. The molecule has 0 unspecified atom stereocenters. The Labute approximate surface area is 134 Å². The number of methoxy groups -OCH3 is 1. The fourth-order valence-electron chi connectivity index (χ4n) is 2.30. The summed E-state index contributed by atoms with van der Waals surface area (Å²) < 4.78 is 15.8. The molecule has 6 heteroatoms. The third-order valence-electron chi connectivity index (χ3n) is 3.43. The van der Waals surface area contributed by atoms with Crippen LogP contribution in [0.3, 0.4) is 0 Å². The van der Waals surface area contributed by atoms with Gasteiger partial charge in [-0.25, -0.2) is 0 Å². The Morgan fingerprint density at radius 3 is 2.87 bits per heavy atom. The second-order valence-corrected chi connectivity index (χ2v) is 4.99. The summed E-state index contributed by atoms with van der Waals surface area (Å²) in [5.41, 5.74) is 1.56. The van der Waals surface area contributed by atoms with E-state index in [9.17, 15) is 4.79 Å². The quantitative estimate of drug-likeness (QED) is 0.858. The summed E-state index contributed by atoms with van der Waals surface area (Å²) in [7, 11) is 1.62. The van der Waals surface area contributed by atoms with Crippen molar-refractivity contribution >= 4 is 17.3 Å². The fraction of sp³-hybridized carbons (Fsp3) is 0.235. The van der Waals surface area contributed by atoms with Gasteiger partial charge in [-0.3, -0.25) is 4.79 Å². The molecule has 0 spiro atoms. The van der Waals surface area contributed by atoms with Crippen molar-refractivity contribution in [2.45, 2.75) is 6.42 Å². The summed E-state index contributed by atoms with van der Waals surface area (Å²) in [4.78, 5) is 12.0. The Bertz CT molecular complexity index is 703. The van der Waals surface area contributed by atoms with E-state index in [2.05, 4.69) is 10.6 Å². The first kappa shape index (κ1) is 15.0. The Hall–Kier alpha value is -2.89. The van der Waals surface area contributed by atoms with Gasteiger partial charge in [0.2, 0.25) is 12.7 Å². The number of carbonyl (C=O) groups is 1. The second kappa shape index (κ2) is 6.91. The molecule has 6 nitrogen and oxygen atoms in total. The lowest BCUT2D eigenvalue weighted by Crippen LogP contribution is -2.16. The highest BCUT2D eigenvalue weighted by Gasteiger charge is 2.14. The number of amides is 1.